The highest BCUT2D eigenvalue weighted by Crippen LogP contribution is 2.32. The first kappa shape index (κ1) is 29.6. The van der Waals surface area contributed by atoms with Gasteiger partial charge in [0.1, 0.15) is 11.6 Å². The van der Waals surface area contributed by atoms with Crippen molar-refractivity contribution in [2.75, 3.05) is 55.9 Å². The van der Waals surface area contributed by atoms with E-state index in [4.69, 9.17) is 14.7 Å². The molecule has 0 saturated carbocycles. The number of ether oxygens (including phenoxy) is 1. The monoisotopic (exact) mass is 605 g/mol. The van der Waals surface area contributed by atoms with Gasteiger partial charge in [-0.2, -0.15) is 0 Å². The summed E-state index contributed by atoms with van der Waals surface area (Å²) in [6, 6.07) is 20.6. The van der Waals surface area contributed by atoms with Crippen molar-refractivity contribution in [2.24, 2.45) is 0 Å². The molecule has 0 spiro atoms. The number of urea groups is 1. The number of aromatic nitrogens is 3. The second kappa shape index (κ2) is 12.7. The Kier molecular flexibility index (Phi) is 8.35. The third-order valence-corrected chi connectivity index (χ3v) is 7.50. The van der Waals surface area contributed by atoms with Crippen LogP contribution in [0.1, 0.15) is 16.1 Å². The van der Waals surface area contributed by atoms with Gasteiger partial charge in [-0.3, -0.25) is 9.78 Å². The van der Waals surface area contributed by atoms with Gasteiger partial charge in [0.15, 0.2) is 5.82 Å². The number of halogens is 1. The van der Waals surface area contributed by atoms with Crippen LogP contribution in [0.15, 0.2) is 79.0 Å². The second-order valence-corrected chi connectivity index (χ2v) is 10.9. The van der Waals surface area contributed by atoms with Crippen LogP contribution in [0.5, 0.6) is 0 Å². The third kappa shape index (κ3) is 6.58. The first-order valence-electron chi connectivity index (χ1n) is 14.5. The maximum Gasteiger partial charge on any atom is 0.323 e. The van der Waals surface area contributed by atoms with Gasteiger partial charge < -0.3 is 25.2 Å². The summed E-state index contributed by atoms with van der Waals surface area (Å²) in [5.41, 5.74) is 5.19. The SMILES string of the molecule is Cc1ccc(-c2ccc3c(N4CCOCC4)nc(-c4ccc(NC(=O)Nc5ccc(C(=O)N(C)C)cc5F)cc4)nc3c2)cn1. The number of nitrogens with zero attached hydrogens (tertiary/aromatic N) is 5. The lowest BCUT2D eigenvalue weighted by Crippen LogP contribution is -2.37. The summed E-state index contributed by atoms with van der Waals surface area (Å²) in [6.07, 6.45) is 1.86. The van der Waals surface area contributed by atoms with Crippen LogP contribution in [0.4, 0.5) is 26.4 Å². The summed E-state index contributed by atoms with van der Waals surface area (Å²) in [4.78, 5) is 42.6. The molecule has 1 fully saturated rings. The van der Waals surface area contributed by atoms with Crippen LogP contribution >= 0.6 is 0 Å². The number of morpholine rings is 1. The van der Waals surface area contributed by atoms with E-state index in [9.17, 15) is 14.0 Å². The van der Waals surface area contributed by atoms with Gasteiger partial charge in [0.25, 0.3) is 5.91 Å². The molecule has 10 nitrogen and oxygen atoms in total. The number of aryl methyl sites for hydroxylation is 1. The summed E-state index contributed by atoms with van der Waals surface area (Å²) in [7, 11) is 3.17. The highest BCUT2D eigenvalue weighted by atomic mass is 19.1. The Morgan fingerprint density at radius 2 is 1.60 bits per heavy atom. The van der Waals surface area contributed by atoms with Crippen molar-refractivity contribution in [2.45, 2.75) is 6.92 Å². The van der Waals surface area contributed by atoms with Crippen LogP contribution in [0.2, 0.25) is 0 Å². The van der Waals surface area contributed by atoms with Crippen molar-refractivity contribution in [3.05, 3.63) is 96.1 Å². The van der Waals surface area contributed by atoms with Crippen LogP contribution in [0, 0.1) is 12.7 Å². The van der Waals surface area contributed by atoms with E-state index >= 15 is 0 Å². The smallest absolute Gasteiger partial charge is 0.323 e. The topological polar surface area (TPSA) is 113 Å². The fourth-order valence-electron chi connectivity index (χ4n) is 5.07. The Morgan fingerprint density at radius 3 is 2.29 bits per heavy atom. The van der Waals surface area contributed by atoms with Gasteiger partial charge in [0.2, 0.25) is 0 Å². The number of anilines is 3. The number of benzene rings is 3. The van der Waals surface area contributed by atoms with Gasteiger partial charge in [-0.15, -0.1) is 0 Å². The first-order valence-corrected chi connectivity index (χ1v) is 14.5. The van der Waals surface area contributed by atoms with Gasteiger partial charge in [-0.1, -0.05) is 12.1 Å². The molecule has 11 heteroatoms. The fraction of sp³-hybridized carbons (Fsp3) is 0.206. The Morgan fingerprint density at radius 1 is 0.867 bits per heavy atom. The minimum absolute atomic E-state index is 0.0413. The number of nitrogens with one attached hydrogen (secondary N) is 2. The molecule has 228 valence electrons. The molecular formula is C34H32FN7O3. The molecule has 3 heterocycles. The van der Waals surface area contributed by atoms with Crippen molar-refractivity contribution >= 4 is 40.0 Å². The molecule has 2 N–H and O–H groups in total. The van der Waals surface area contributed by atoms with Crippen molar-refractivity contribution < 1.29 is 18.7 Å². The van der Waals surface area contributed by atoms with Crippen LogP contribution < -0.4 is 15.5 Å². The molecule has 0 unspecified atom stereocenters. The molecular weight excluding hydrogens is 573 g/mol. The number of carbonyl (C=O) groups excluding carboxylic acids is 2. The van der Waals surface area contributed by atoms with E-state index in [1.807, 2.05) is 37.4 Å². The molecule has 1 aliphatic rings. The summed E-state index contributed by atoms with van der Waals surface area (Å²) < 4.78 is 20.2. The van der Waals surface area contributed by atoms with Crippen molar-refractivity contribution in [3.8, 4) is 22.5 Å². The molecule has 5 aromatic rings. The maximum atomic E-state index is 14.6. The predicted octanol–water partition coefficient (Wildman–Crippen LogP) is 5.99. The zero-order valence-electron chi connectivity index (χ0n) is 25.2. The second-order valence-electron chi connectivity index (χ2n) is 10.9. The Hall–Kier alpha value is -5.42. The zero-order valence-corrected chi connectivity index (χ0v) is 25.2. The Bertz CT molecular complexity index is 1870. The zero-order chi connectivity index (χ0) is 31.5. The highest BCUT2D eigenvalue weighted by molar-refractivity contribution is 6.01. The van der Waals surface area contributed by atoms with Crippen LogP contribution in [0.25, 0.3) is 33.4 Å². The number of hydrogen-bond donors (Lipinski definition) is 2. The average Bonchev–Trinajstić information content (AvgIpc) is 3.05. The quantitative estimate of drug-likeness (QED) is 0.245. The normalized spacial score (nSPS) is 13.0. The number of amides is 3. The van der Waals surface area contributed by atoms with Crippen LogP contribution in [-0.2, 0) is 4.74 Å². The lowest BCUT2D eigenvalue weighted by molar-refractivity contribution is 0.0827. The molecule has 0 bridgehead atoms. The van der Waals surface area contributed by atoms with E-state index in [1.165, 1.54) is 17.0 Å². The minimum atomic E-state index is -0.709. The van der Waals surface area contributed by atoms with E-state index < -0.39 is 11.8 Å². The first-order chi connectivity index (χ1) is 21.7. The van der Waals surface area contributed by atoms with Gasteiger partial charge in [0.05, 0.1) is 24.4 Å². The van der Waals surface area contributed by atoms with E-state index in [0.717, 1.165) is 58.3 Å². The Labute approximate surface area is 259 Å². The number of carbonyl (C=O) groups is 2. The van der Waals surface area contributed by atoms with Gasteiger partial charge >= 0.3 is 6.03 Å². The van der Waals surface area contributed by atoms with Crippen molar-refractivity contribution in [1.82, 2.24) is 19.9 Å². The molecule has 3 amide bonds. The highest BCUT2D eigenvalue weighted by Gasteiger charge is 2.19. The van der Waals surface area contributed by atoms with E-state index in [1.54, 1.807) is 26.2 Å². The summed E-state index contributed by atoms with van der Waals surface area (Å²) in [6.45, 7) is 4.66. The molecule has 45 heavy (non-hydrogen) atoms. The average molecular weight is 606 g/mol. The molecule has 0 aliphatic carbocycles. The number of hydrogen-bond acceptors (Lipinski definition) is 7. The minimum Gasteiger partial charge on any atom is -0.378 e. The molecule has 2 aromatic heterocycles. The fourth-order valence-corrected chi connectivity index (χ4v) is 5.07. The summed E-state index contributed by atoms with van der Waals surface area (Å²) in [5.74, 6) is 0.350. The number of rotatable bonds is 6. The number of pyridine rings is 1. The largest absolute Gasteiger partial charge is 0.378 e. The predicted molar refractivity (Wildman–Crippen MR) is 173 cm³/mol. The maximum absolute atomic E-state index is 14.6. The lowest BCUT2D eigenvalue weighted by Gasteiger charge is -2.29. The molecule has 1 saturated heterocycles. The number of fused-ring (bicyclic) bond motifs is 1. The third-order valence-electron chi connectivity index (χ3n) is 7.50. The molecule has 1 aliphatic heterocycles. The van der Waals surface area contributed by atoms with Gasteiger partial charge in [-0.05, 0) is 73.2 Å². The Balaban J connectivity index is 1.24. The summed E-state index contributed by atoms with van der Waals surface area (Å²) in [5, 5.41) is 6.15. The van der Waals surface area contributed by atoms with Crippen LogP contribution in [-0.4, -0.2) is 72.2 Å². The van der Waals surface area contributed by atoms with E-state index in [-0.39, 0.29) is 17.2 Å². The van der Waals surface area contributed by atoms with Gasteiger partial charge in [0, 0.05) is 66.8 Å². The molecule has 0 atom stereocenters. The molecule has 0 radical (unpaired) electrons. The lowest BCUT2D eigenvalue weighted by atomic mass is 10.0. The van der Waals surface area contributed by atoms with Crippen molar-refractivity contribution in [1.29, 1.82) is 0 Å². The standard InChI is InChI=1S/C34H32FN7O3/c1-21-4-5-25(20-36-21)23-8-12-27-30(19-23)38-31(40-32(27)42-14-16-45-17-15-42)22-6-10-26(11-7-22)37-34(44)39-29-13-9-24(18-28(29)35)33(43)41(2)3/h4-13,18-20H,14-17H2,1-3H3,(H2,37,39,44). The van der Waals surface area contributed by atoms with E-state index in [0.29, 0.717) is 24.7 Å². The molecule has 6 rings (SSSR count). The van der Waals surface area contributed by atoms with Crippen LogP contribution in [0.3, 0.4) is 0 Å². The molecule has 3 aromatic carbocycles. The van der Waals surface area contributed by atoms with Crippen molar-refractivity contribution in [3.63, 3.8) is 0 Å². The van der Waals surface area contributed by atoms with Gasteiger partial charge in [-0.25, -0.2) is 19.2 Å². The summed E-state index contributed by atoms with van der Waals surface area (Å²) >= 11 is 0. The van der Waals surface area contributed by atoms with E-state index in [2.05, 4.69) is 38.7 Å².